The van der Waals surface area contributed by atoms with E-state index in [1.807, 2.05) is 0 Å². The van der Waals surface area contributed by atoms with Gasteiger partial charge in [0.05, 0.1) is 12.5 Å². The average molecular weight is 336 g/mol. The van der Waals surface area contributed by atoms with Crippen molar-refractivity contribution in [1.82, 2.24) is 5.32 Å². The molecule has 1 aromatic carbocycles. The Morgan fingerprint density at radius 2 is 1.92 bits per heavy atom. The molecule has 1 aliphatic carbocycles. The van der Waals surface area contributed by atoms with E-state index < -0.39 is 17.4 Å². The van der Waals surface area contributed by atoms with Crippen molar-refractivity contribution >= 4 is 11.9 Å². The van der Waals surface area contributed by atoms with Crippen LogP contribution in [0.4, 0.5) is 4.39 Å². The molecular formula is C18H25FN2O3. The molecule has 0 spiro atoms. The van der Waals surface area contributed by atoms with E-state index in [0.717, 1.165) is 32.1 Å². The molecular weight excluding hydrogens is 311 g/mol. The molecule has 1 aliphatic rings. The lowest BCUT2D eigenvalue weighted by Gasteiger charge is -2.36. The minimum atomic E-state index is -0.854. The van der Waals surface area contributed by atoms with Gasteiger partial charge in [0.15, 0.2) is 0 Å². The Balaban J connectivity index is 1.92. The predicted molar refractivity (Wildman–Crippen MR) is 88.9 cm³/mol. The maximum absolute atomic E-state index is 13.6. The third-order valence-electron chi connectivity index (χ3n) is 4.81. The number of nitrogens with two attached hydrogens (primary N) is 1. The van der Waals surface area contributed by atoms with Gasteiger partial charge in [0.25, 0.3) is 0 Å². The first-order valence-electron chi connectivity index (χ1n) is 8.40. The smallest absolute Gasteiger partial charge is 0.303 e. The fourth-order valence-electron chi connectivity index (χ4n) is 3.44. The number of rotatable bonds is 7. The standard InChI is InChI=1S/C18H25FN2O3/c19-14-7-3-2-6-13(14)10-15(20)17(24)21-12-18(11-16(22)23)8-4-1-5-9-18/h2-3,6-7,15H,1,4-5,8-12,20H2,(H,21,24)(H,22,23)/t15-/m1/s1. The second-order valence-electron chi connectivity index (χ2n) is 6.75. The summed E-state index contributed by atoms with van der Waals surface area (Å²) in [5, 5.41) is 11.9. The summed E-state index contributed by atoms with van der Waals surface area (Å²) in [7, 11) is 0. The number of carboxylic acids is 1. The number of carboxylic acid groups (broad SMARTS) is 1. The summed E-state index contributed by atoms with van der Waals surface area (Å²) >= 11 is 0. The third kappa shape index (κ3) is 5.03. The van der Waals surface area contributed by atoms with Gasteiger partial charge in [-0.05, 0) is 36.3 Å². The normalized spacial score (nSPS) is 17.9. The van der Waals surface area contributed by atoms with Gasteiger partial charge in [-0.2, -0.15) is 0 Å². The molecule has 0 radical (unpaired) electrons. The Morgan fingerprint density at radius 1 is 1.25 bits per heavy atom. The number of hydrogen-bond acceptors (Lipinski definition) is 3. The molecule has 6 heteroatoms. The van der Waals surface area contributed by atoms with E-state index in [1.165, 1.54) is 6.07 Å². The molecule has 1 amide bonds. The molecule has 132 valence electrons. The first kappa shape index (κ1) is 18.4. The van der Waals surface area contributed by atoms with Crippen molar-refractivity contribution in [3.63, 3.8) is 0 Å². The van der Waals surface area contributed by atoms with Gasteiger partial charge in [-0.3, -0.25) is 9.59 Å². The summed E-state index contributed by atoms with van der Waals surface area (Å²) in [5.74, 6) is -1.59. The van der Waals surface area contributed by atoms with Crippen molar-refractivity contribution in [2.75, 3.05) is 6.54 Å². The maximum atomic E-state index is 13.6. The summed E-state index contributed by atoms with van der Waals surface area (Å²) in [5.41, 5.74) is 5.89. The topological polar surface area (TPSA) is 92.4 Å². The van der Waals surface area contributed by atoms with E-state index in [1.54, 1.807) is 18.2 Å². The summed E-state index contributed by atoms with van der Waals surface area (Å²) in [4.78, 5) is 23.4. The van der Waals surface area contributed by atoms with Gasteiger partial charge in [0, 0.05) is 6.54 Å². The number of nitrogens with one attached hydrogen (secondary N) is 1. The minimum Gasteiger partial charge on any atom is -0.481 e. The molecule has 5 nitrogen and oxygen atoms in total. The van der Waals surface area contributed by atoms with E-state index in [9.17, 15) is 14.0 Å². The number of aliphatic carboxylic acids is 1. The fraction of sp³-hybridized carbons (Fsp3) is 0.556. The monoisotopic (exact) mass is 336 g/mol. The Bertz CT molecular complexity index is 585. The highest BCUT2D eigenvalue weighted by Crippen LogP contribution is 2.38. The highest BCUT2D eigenvalue weighted by Gasteiger charge is 2.35. The zero-order valence-electron chi connectivity index (χ0n) is 13.8. The molecule has 4 N–H and O–H groups in total. The third-order valence-corrected chi connectivity index (χ3v) is 4.81. The van der Waals surface area contributed by atoms with Crippen LogP contribution in [0.15, 0.2) is 24.3 Å². The van der Waals surface area contributed by atoms with Crippen LogP contribution in [0.25, 0.3) is 0 Å². The van der Waals surface area contributed by atoms with Crippen LogP contribution >= 0.6 is 0 Å². The second-order valence-corrected chi connectivity index (χ2v) is 6.75. The van der Waals surface area contributed by atoms with Gasteiger partial charge in [0.2, 0.25) is 5.91 Å². The van der Waals surface area contributed by atoms with Crippen LogP contribution in [0.5, 0.6) is 0 Å². The van der Waals surface area contributed by atoms with Crippen molar-refractivity contribution in [3.8, 4) is 0 Å². The van der Waals surface area contributed by atoms with Crippen molar-refractivity contribution in [2.45, 2.75) is 51.0 Å². The Kier molecular flexibility index (Phi) is 6.31. The van der Waals surface area contributed by atoms with Crippen LogP contribution in [0.3, 0.4) is 0 Å². The van der Waals surface area contributed by atoms with E-state index in [0.29, 0.717) is 12.1 Å². The van der Waals surface area contributed by atoms with Crippen LogP contribution in [0.1, 0.15) is 44.1 Å². The number of carbonyl (C=O) groups excluding carboxylic acids is 1. The molecule has 0 bridgehead atoms. The van der Waals surface area contributed by atoms with Gasteiger partial charge < -0.3 is 16.2 Å². The van der Waals surface area contributed by atoms with Gasteiger partial charge in [-0.15, -0.1) is 0 Å². The highest BCUT2D eigenvalue weighted by molar-refractivity contribution is 5.82. The number of amides is 1. The fourth-order valence-corrected chi connectivity index (χ4v) is 3.44. The molecule has 1 fully saturated rings. The summed E-state index contributed by atoms with van der Waals surface area (Å²) in [6, 6.07) is 5.38. The van der Waals surface area contributed by atoms with Gasteiger partial charge >= 0.3 is 5.97 Å². The van der Waals surface area contributed by atoms with Crippen molar-refractivity contribution in [3.05, 3.63) is 35.6 Å². The van der Waals surface area contributed by atoms with E-state index in [-0.39, 0.29) is 24.6 Å². The quantitative estimate of drug-likeness (QED) is 0.712. The lowest BCUT2D eigenvalue weighted by molar-refractivity contribution is -0.140. The van der Waals surface area contributed by atoms with E-state index in [2.05, 4.69) is 5.32 Å². The molecule has 0 aromatic heterocycles. The lowest BCUT2D eigenvalue weighted by atomic mass is 9.71. The molecule has 2 rings (SSSR count). The van der Waals surface area contributed by atoms with Crippen LogP contribution in [-0.2, 0) is 16.0 Å². The summed E-state index contributed by atoms with van der Waals surface area (Å²) in [6.07, 6.45) is 4.81. The van der Waals surface area contributed by atoms with Crippen LogP contribution in [0, 0.1) is 11.2 Å². The Labute approximate surface area is 141 Å². The number of carbonyl (C=O) groups is 2. The van der Waals surface area contributed by atoms with Gasteiger partial charge in [0.1, 0.15) is 5.82 Å². The SMILES string of the molecule is N[C@H](Cc1ccccc1F)C(=O)NCC1(CC(=O)O)CCCCC1. The highest BCUT2D eigenvalue weighted by atomic mass is 19.1. The van der Waals surface area contributed by atoms with Crippen LogP contribution < -0.4 is 11.1 Å². The largest absolute Gasteiger partial charge is 0.481 e. The molecule has 1 aromatic rings. The Hall–Kier alpha value is -1.95. The number of hydrogen-bond donors (Lipinski definition) is 3. The zero-order chi connectivity index (χ0) is 17.6. The molecule has 1 atom stereocenters. The van der Waals surface area contributed by atoms with Crippen molar-refractivity contribution in [2.24, 2.45) is 11.1 Å². The summed E-state index contributed by atoms with van der Waals surface area (Å²) in [6.45, 7) is 0.309. The van der Waals surface area contributed by atoms with Crippen LogP contribution in [-0.4, -0.2) is 29.6 Å². The molecule has 0 unspecified atom stereocenters. The molecule has 24 heavy (non-hydrogen) atoms. The molecule has 0 saturated heterocycles. The van der Waals surface area contributed by atoms with Crippen LogP contribution in [0.2, 0.25) is 0 Å². The maximum Gasteiger partial charge on any atom is 0.303 e. The molecule has 0 aliphatic heterocycles. The molecule has 0 heterocycles. The lowest BCUT2D eigenvalue weighted by Crippen LogP contribution is -2.47. The zero-order valence-corrected chi connectivity index (χ0v) is 13.8. The first-order chi connectivity index (χ1) is 11.4. The molecule has 1 saturated carbocycles. The van der Waals surface area contributed by atoms with Gasteiger partial charge in [-0.25, -0.2) is 4.39 Å². The van der Waals surface area contributed by atoms with E-state index >= 15 is 0 Å². The van der Waals surface area contributed by atoms with E-state index in [4.69, 9.17) is 10.8 Å². The first-order valence-corrected chi connectivity index (χ1v) is 8.40. The second kappa shape index (κ2) is 8.24. The number of benzene rings is 1. The summed E-state index contributed by atoms with van der Waals surface area (Å²) < 4.78 is 13.6. The van der Waals surface area contributed by atoms with Crippen molar-refractivity contribution < 1.29 is 19.1 Å². The number of halogens is 1. The van der Waals surface area contributed by atoms with Crippen molar-refractivity contribution in [1.29, 1.82) is 0 Å². The minimum absolute atomic E-state index is 0.0514. The average Bonchev–Trinajstić information content (AvgIpc) is 2.55. The Morgan fingerprint density at radius 3 is 2.54 bits per heavy atom. The predicted octanol–water partition coefficient (Wildman–Crippen LogP) is 2.24. The van der Waals surface area contributed by atoms with Gasteiger partial charge in [-0.1, -0.05) is 37.5 Å².